The monoisotopic (exact) mass is 735 g/mol. The summed E-state index contributed by atoms with van der Waals surface area (Å²) in [6, 6.07) is 73.1. The van der Waals surface area contributed by atoms with Crippen LogP contribution in [0.2, 0.25) is 0 Å². The summed E-state index contributed by atoms with van der Waals surface area (Å²) in [5.41, 5.74) is 17.1. The Morgan fingerprint density at radius 2 is 0.914 bits per heavy atom. The molecule has 2 aliphatic carbocycles. The first-order valence-electron chi connectivity index (χ1n) is 20.0. The van der Waals surface area contributed by atoms with Crippen molar-refractivity contribution < 1.29 is 0 Å². The Bertz CT molecular complexity index is 3450. The predicted octanol–water partition coefficient (Wildman–Crippen LogP) is 13.6. The molecule has 3 heteroatoms. The van der Waals surface area contributed by atoms with Gasteiger partial charge in [0.05, 0.1) is 27.7 Å². The van der Waals surface area contributed by atoms with Crippen LogP contribution < -0.4 is 0 Å². The molecule has 2 aromatic heterocycles. The fourth-order valence-corrected chi connectivity index (χ4v) is 10.5. The molecular formula is C55H33N3. The Morgan fingerprint density at radius 1 is 0.345 bits per heavy atom. The van der Waals surface area contributed by atoms with Crippen LogP contribution >= 0.6 is 0 Å². The number of rotatable bonds is 4. The van der Waals surface area contributed by atoms with Gasteiger partial charge in [0.1, 0.15) is 0 Å². The van der Waals surface area contributed by atoms with Gasteiger partial charge in [-0.05, 0) is 90.7 Å². The average Bonchev–Trinajstić information content (AvgIpc) is 3.79. The molecule has 0 atom stereocenters. The quantitative estimate of drug-likeness (QED) is 0.180. The van der Waals surface area contributed by atoms with Crippen molar-refractivity contribution in [1.29, 1.82) is 0 Å². The van der Waals surface area contributed by atoms with Crippen LogP contribution in [0.15, 0.2) is 200 Å². The first-order valence-corrected chi connectivity index (χ1v) is 20.0. The van der Waals surface area contributed by atoms with Gasteiger partial charge in [-0.3, -0.25) is 4.57 Å². The molecule has 2 aliphatic rings. The Labute approximate surface area is 335 Å². The van der Waals surface area contributed by atoms with E-state index in [1.807, 2.05) is 0 Å². The van der Waals surface area contributed by atoms with Crippen LogP contribution in [0.25, 0.3) is 94.1 Å². The molecule has 0 amide bonds. The number of nitrogens with zero attached hydrogens (tertiary/aromatic N) is 3. The van der Waals surface area contributed by atoms with E-state index in [0.29, 0.717) is 5.95 Å². The van der Waals surface area contributed by atoms with E-state index in [9.17, 15) is 0 Å². The SMILES string of the molecule is c1ccc(-c2cc3c4c5c6c(cccc6c(-c6ccccc6)cc5n(-c5nc(-c6ccccc6)c6ccccc6n5)c4c2)C32c3ccccc3-c3ccccc32)cc1. The minimum absolute atomic E-state index is 0.573. The van der Waals surface area contributed by atoms with Gasteiger partial charge in [-0.2, -0.15) is 0 Å². The van der Waals surface area contributed by atoms with Crippen molar-refractivity contribution in [2.24, 2.45) is 0 Å². The van der Waals surface area contributed by atoms with E-state index in [1.54, 1.807) is 0 Å². The number of para-hydroxylation sites is 1. The maximum Gasteiger partial charge on any atom is 0.235 e. The Kier molecular flexibility index (Phi) is 6.37. The molecule has 1 spiro atoms. The van der Waals surface area contributed by atoms with E-state index in [0.717, 1.165) is 38.8 Å². The molecule has 58 heavy (non-hydrogen) atoms. The molecule has 0 aliphatic heterocycles. The number of benzene rings is 9. The fraction of sp³-hybridized carbons (Fsp3) is 0.0182. The van der Waals surface area contributed by atoms with Gasteiger partial charge in [0, 0.05) is 21.7 Å². The predicted molar refractivity (Wildman–Crippen MR) is 239 cm³/mol. The second-order valence-corrected chi connectivity index (χ2v) is 15.6. The van der Waals surface area contributed by atoms with Crippen LogP contribution in [-0.4, -0.2) is 14.5 Å². The summed E-state index contributed by atoms with van der Waals surface area (Å²) in [6.07, 6.45) is 0. The van der Waals surface area contributed by atoms with Gasteiger partial charge in [0.15, 0.2) is 0 Å². The normalized spacial score (nSPS) is 13.3. The van der Waals surface area contributed by atoms with Gasteiger partial charge in [-0.15, -0.1) is 0 Å². The van der Waals surface area contributed by atoms with E-state index in [2.05, 4.69) is 205 Å². The van der Waals surface area contributed by atoms with Crippen molar-refractivity contribution in [3.05, 3.63) is 222 Å². The van der Waals surface area contributed by atoms with Gasteiger partial charge in [-0.25, -0.2) is 9.97 Å². The number of hydrogen-bond donors (Lipinski definition) is 0. The summed E-state index contributed by atoms with van der Waals surface area (Å²) in [4.78, 5) is 11.0. The van der Waals surface area contributed by atoms with E-state index < -0.39 is 5.41 Å². The van der Waals surface area contributed by atoms with Crippen LogP contribution in [-0.2, 0) is 5.41 Å². The molecule has 11 aromatic rings. The lowest BCUT2D eigenvalue weighted by atomic mass is 9.62. The Hall–Kier alpha value is -7.62. The molecule has 268 valence electrons. The zero-order valence-corrected chi connectivity index (χ0v) is 31.4. The third-order valence-electron chi connectivity index (χ3n) is 12.8. The summed E-state index contributed by atoms with van der Waals surface area (Å²) in [5.74, 6) is 0.660. The lowest BCUT2D eigenvalue weighted by molar-refractivity contribution is 0.783. The molecule has 0 saturated carbocycles. The molecule has 0 saturated heterocycles. The first-order chi connectivity index (χ1) is 28.8. The van der Waals surface area contributed by atoms with Gasteiger partial charge >= 0.3 is 0 Å². The Balaban J connectivity index is 1.29. The van der Waals surface area contributed by atoms with Gasteiger partial charge < -0.3 is 0 Å². The smallest absolute Gasteiger partial charge is 0.235 e. The lowest BCUT2D eigenvalue weighted by Crippen LogP contribution is -2.30. The molecule has 0 radical (unpaired) electrons. The standard InChI is InChI=1S/C55H33N3/c1-4-17-34(18-5-1)37-31-46-51-48(32-37)58(54-56-47-30-15-12-25-41(47)53(57-54)36-21-8-3-9-22-36)49-33-42(35-19-6-2-7-20-35)40-26-16-29-45(50(40)52(49)51)55(46)43-27-13-10-23-38(43)39-24-11-14-28-44(39)55/h1-33H. The van der Waals surface area contributed by atoms with Crippen molar-refractivity contribution in [2.45, 2.75) is 5.41 Å². The second kappa shape index (κ2) is 11.7. The molecule has 13 rings (SSSR count). The van der Waals surface area contributed by atoms with Crippen LogP contribution in [0.5, 0.6) is 0 Å². The number of hydrogen-bond acceptors (Lipinski definition) is 2. The topological polar surface area (TPSA) is 30.7 Å². The average molecular weight is 736 g/mol. The van der Waals surface area contributed by atoms with E-state index >= 15 is 0 Å². The number of aromatic nitrogens is 3. The molecule has 0 unspecified atom stereocenters. The molecule has 0 bridgehead atoms. The van der Waals surface area contributed by atoms with E-state index in [1.165, 1.54) is 71.6 Å². The third-order valence-corrected chi connectivity index (χ3v) is 12.8. The van der Waals surface area contributed by atoms with E-state index in [4.69, 9.17) is 9.97 Å². The zero-order valence-electron chi connectivity index (χ0n) is 31.4. The second-order valence-electron chi connectivity index (χ2n) is 15.6. The molecule has 3 nitrogen and oxygen atoms in total. The first kappa shape index (κ1) is 31.6. The van der Waals surface area contributed by atoms with E-state index in [-0.39, 0.29) is 0 Å². The Morgan fingerprint density at radius 3 is 1.64 bits per heavy atom. The van der Waals surface area contributed by atoms with Gasteiger partial charge in [-0.1, -0.05) is 176 Å². The van der Waals surface area contributed by atoms with Crippen molar-refractivity contribution in [3.8, 4) is 50.6 Å². The summed E-state index contributed by atoms with van der Waals surface area (Å²) in [5, 5.41) is 6.07. The fourth-order valence-electron chi connectivity index (χ4n) is 10.5. The molecule has 0 fully saturated rings. The van der Waals surface area contributed by atoms with Crippen molar-refractivity contribution >= 4 is 43.5 Å². The van der Waals surface area contributed by atoms with Gasteiger partial charge in [0.2, 0.25) is 5.95 Å². The maximum atomic E-state index is 5.56. The summed E-state index contributed by atoms with van der Waals surface area (Å²) in [6.45, 7) is 0. The van der Waals surface area contributed by atoms with Crippen LogP contribution in [0.4, 0.5) is 0 Å². The highest BCUT2D eigenvalue weighted by molar-refractivity contribution is 6.29. The minimum atomic E-state index is -0.573. The highest BCUT2D eigenvalue weighted by atomic mass is 15.2. The zero-order chi connectivity index (χ0) is 38.0. The summed E-state index contributed by atoms with van der Waals surface area (Å²) >= 11 is 0. The lowest BCUT2D eigenvalue weighted by Gasteiger charge is -2.38. The van der Waals surface area contributed by atoms with Crippen molar-refractivity contribution in [2.75, 3.05) is 0 Å². The largest absolute Gasteiger partial charge is 0.278 e. The van der Waals surface area contributed by atoms with Crippen molar-refractivity contribution in [1.82, 2.24) is 14.5 Å². The van der Waals surface area contributed by atoms with Crippen LogP contribution in [0, 0.1) is 0 Å². The number of fused-ring (bicyclic) bond motifs is 8. The van der Waals surface area contributed by atoms with Crippen molar-refractivity contribution in [3.63, 3.8) is 0 Å². The summed E-state index contributed by atoms with van der Waals surface area (Å²) < 4.78 is 2.37. The summed E-state index contributed by atoms with van der Waals surface area (Å²) in [7, 11) is 0. The third kappa shape index (κ3) is 4.07. The molecule has 0 N–H and O–H groups in total. The van der Waals surface area contributed by atoms with Crippen LogP contribution in [0.1, 0.15) is 22.3 Å². The van der Waals surface area contributed by atoms with Crippen LogP contribution in [0.3, 0.4) is 0 Å². The molecule has 9 aromatic carbocycles. The molecular weight excluding hydrogens is 703 g/mol. The van der Waals surface area contributed by atoms with Gasteiger partial charge in [0.25, 0.3) is 0 Å². The molecule has 2 heterocycles. The maximum absolute atomic E-state index is 5.56. The highest BCUT2D eigenvalue weighted by Crippen LogP contribution is 2.63. The minimum Gasteiger partial charge on any atom is -0.278 e. The highest BCUT2D eigenvalue weighted by Gasteiger charge is 2.50.